The SMILES string of the molecule is CC(=O)Nc1cccc([C@@H](C)NC(=O)CCOc2ccc(C)cc2C)c1. The highest BCUT2D eigenvalue weighted by atomic mass is 16.5. The Hall–Kier alpha value is -2.82. The van der Waals surface area contributed by atoms with Crippen molar-refractivity contribution >= 4 is 17.5 Å². The van der Waals surface area contributed by atoms with Gasteiger partial charge in [0.15, 0.2) is 0 Å². The molecule has 2 amide bonds. The smallest absolute Gasteiger partial charge is 0.223 e. The molecule has 5 nitrogen and oxygen atoms in total. The molecule has 2 aromatic carbocycles. The maximum Gasteiger partial charge on any atom is 0.223 e. The van der Waals surface area contributed by atoms with Crippen molar-refractivity contribution in [3.05, 3.63) is 59.2 Å². The van der Waals surface area contributed by atoms with E-state index in [0.29, 0.717) is 12.3 Å². The zero-order valence-corrected chi connectivity index (χ0v) is 15.8. The Labute approximate surface area is 154 Å². The predicted octanol–water partition coefficient (Wildman–Crippen LogP) is 3.91. The van der Waals surface area contributed by atoms with Crippen molar-refractivity contribution in [2.24, 2.45) is 0 Å². The molecule has 0 heterocycles. The van der Waals surface area contributed by atoms with Crippen LogP contribution in [0, 0.1) is 13.8 Å². The summed E-state index contributed by atoms with van der Waals surface area (Å²) in [6.45, 7) is 7.73. The van der Waals surface area contributed by atoms with Gasteiger partial charge in [0.1, 0.15) is 5.75 Å². The van der Waals surface area contributed by atoms with E-state index < -0.39 is 0 Å². The molecule has 2 rings (SSSR count). The van der Waals surface area contributed by atoms with Crippen LogP contribution in [0.1, 0.15) is 43.0 Å². The lowest BCUT2D eigenvalue weighted by atomic mass is 10.1. The predicted molar refractivity (Wildman–Crippen MR) is 103 cm³/mol. The van der Waals surface area contributed by atoms with Gasteiger partial charge in [0.05, 0.1) is 19.1 Å². The van der Waals surface area contributed by atoms with E-state index >= 15 is 0 Å². The van der Waals surface area contributed by atoms with Crippen molar-refractivity contribution in [2.75, 3.05) is 11.9 Å². The van der Waals surface area contributed by atoms with Crippen molar-refractivity contribution < 1.29 is 14.3 Å². The fourth-order valence-corrected chi connectivity index (χ4v) is 2.70. The third-order valence-electron chi connectivity index (χ3n) is 4.00. The number of carbonyl (C=O) groups is 2. The lowest BCUT2D eigenvalue weighted by Crippen LogP contribution is -2.28. The van der Waals surface area contributed by atoms with Gasteiger partial charge >= 0.3 is 0 Å². The average Bonchev–Trinajstić information content (AvgIpc) is 2.56. The standard InChI is InChI=1S/C21H26N2O3/c1-14-8-9-20(15(2)12-14)26-11-10-21(25)22-16(3)18-6-5-7-19(13-18)23-17(4)24/h5-9,12-13,16H,10-11H2,1-4H3,(H,22,25)(H,23,24)/t16-/m1/s1. The number of carbonyl (C=O) groups excluding carboxylic acids is 2. The van der Waals surface area contributed by atoms with Crippen LogP contribution < -0.4 is 15.4 Å². The van der Waals surface area contributed by atoms with Gasteiger partial charge in [-0.1, -0.05) is 29.8 Å². The van der Waals surface area contributed by atoms with Gasteiger partial charge in [-0.2, -0.15) is 0 Å². The minimum Gasteiger partial charge on any atom is -0.493 e. The van der Waals surface area contributed by atoms with Crippen LogP contribution in [0.15, 0.2) is 42.5 Å². The number of aryl methyl sites for hydroxylation is 2. The number of rotatable bonds is 7. The second-order valence-corrected chi connectivity index (χ2v) is 6.46. The number of anilines is 1. The molecule has 0 aliphatic carbocycles. The third-order valence-corrected chi connectivity index (χ3v) is 4.00. The van der Waals surface area contributed by atoms with Crippen molar-refractivity contribution in [3.63, 3.8) is 0 Å². The Bertz CT molecular complexity index is 787. The van der Waals surface area contributed by atoms with Gasteiger partial charge in [-0.15, -0.1) is 0 Å². The van der Waals surface area contributed by atoms with E-state index in [1.165, 1.54) is 12.5 Å². The molecule has 0 saturated carbocycles. The third kappa shape index (κ3) is 5.92. The van der Waals surface area contributed by atoms with E-state index in [0.717, 1.165) is 16.9 Å². The Kier molecular flexibility index (Phi) is 6.78. The van der Waals surface area contributed by atoms with Gasteiger partial charge in [-0.05, 0) is 50.1 Å². The Balaban J connectivity index is 1.84. The van der Waals surface area contributed by atoms with E-state index in [9.17, 15) is 9.59 Å². The first kappa shape index (κ1) is 19.5. The minimum atomic E-state index is -0.155. The molecule has 0 spiro atoms. The van der Waals surface area contributed by atoms with Crippen molar-refractivity contribution in [1.82, 2.24) is 5.32 Å². The highest BCUT2D eigenvalue weighted by molar-refractivity contribution is 5.88. The van der Waals surface area contributed by atoms with Crippen LogP contribution in [0.25, 0.3) is 0 Å². The first-order chi connectivity index (χ1) is 12.3. The summed E-state index contributed by atoms with van der Waals surface area (Å²) >= 11 is 0. The quantitative estimate of drug-likeness (QED) is 0.792. The fraction of sp³-hybridized carbons (Fsp3) is 0.333. The molecule has 2 aromatic rings. The highest BCUT2D eigenvalue weighted by Gasteiger charge is 2.11. The molecule has 5 heteroatoms. The summed E-state index contributed by atoms with van der Waals surface area (Å²) in [5.41, 5.74) is 3.89. The molecule has 0 unspecified atom stereocenters. The summed E-state index contributed by atoms with van der Waals surface area (Å²) in [7, 11) is 0. The molecule has 0 bridgehead atoms. The molecule has 1 atom stereocenters. The van der Waals surface area contributed by atoms with Gasteiger partial charge < -0.3 is 15.4 Å². The van der Waals surface area contributed by atoms with Crippen LogP contribution in [0.2, 0.25) is 0 Å². The van der Waals surface area contributed by atoms with E-state index in [1.807, 2.05) is 57.2 Å². The molecular formula is C21H26N2O3. The topological polar surface area (TPSA) is 67.4 Å². The average molecular weight is 354 g/mol. The maximum atomic E-state index is 12.2. The van der Waals surface area contributed by atoms with Crippen LogP contribution in [0.5, 0.6) is 5.75 Å². The molecular weight excluding hydrogens is 328 g/mol. The highest BCUT2D eigenvalue weighted by Crippen LogP contribution is 2.19. The second-order valence-electron chi connectivity index (χ2n) is 6.46. The lowest BCUT2D eigenvalue weighted by molar-refractivity contribution is -0.122. The van der Waals surface area contributed by atoms with E-state index in [2.05, 4.69) is 16.7 Å². The summed E-state index contributed by atoms with van der Waals surface area (Å²) < 4.78 is 5.70. The van der Waals surface area contributed by atoms with Crippen molar-refractivity contribution in [1.29, 1.82) is 0 Å². The summed E-state index contributed by atoms with van der Waals surface area (Å²) in [6, 6.07) is 13.3. The maximum absolute atomic E-state index is 12.2. The zero-order chi connectivity index (χ0) is 19.1. The molecule has 0 aliphatic rings. The van der Waals surface area contributed by atoms with Crippen molar-refractivity contribution in [3.8, 4) is 5.75 Å². The van der Waals surface area contributed by atoms with E-state index in [1.54, 1.807) is 0 Å². The lowest BCUT2D eigenvalue weighted by Gasteiger charge is -2.16. The van der Waals surface area contributed by atoms with Gasteiger partial charge in [0.2, 0.25) is 11.8 Å². The Morgan fingerprint density at radius 2 is 1.88 bits per heavy atom. The molecule has 0 radical (unpaired) electrons. The molecule has 0 aliphatic heterocycles. The van der Waals surface area contributed by atoms with Crippen molar-refractivity contribution in [2.45, 2.75) is 40.2 Å². The molecule has 26 heavy (non-hydrogen) atoms. The number of nitrogens with one attached hydrogen (secondary N) is 2. The van der Waals surface area contributed by atoms with Gasteiger partial charge in [0, 0.05) is 12.6 Å². The number of benzene rings is 2. The van der Waals surface area contributed by atoms with Gasteiger partial charge in [0.25, 0.3) is 0 Å². The number of amides is 2. The Morgan fingerprint density at radius 1 is 1.12 bits per heavy atom. The largest absolute Gasteiger partial charge is 0.493 e. The molecule has 0 aromatic heterocycles. The van der Waals surface area contributed by atoms with Crippen LogP contribution >= 0.6 is 0 Å². The van der Waals surface area contributed by atoms with Gasteiger partial charge in [-0.3, -0.25) is 9.59 Å². The van der Waals surface area contributed by atoms with Crippen LogP contribution in [-0.4, -0.2) is 18.4 Å². The van der Waals surface area contributed by atoms with E-state index in [-0.39, 0.29) is 24.3 Å². The fourth-order valence-electron chi connectivity index (χ4n) is 2.70. The van der Waals surface area contributed by atoms with E-state index in [4.69, 9.17) is 4.74 Å². The molecule has 0 saturated heterocycles. The first-order valence-electron chi connectivity index (χ1n) is 8.72. The summed E-state index contributed by atoms with van der Waals surface area (Å²) in [4.78, 5) is 23.3. The normalized spacial score (nSPS) is 11.5. The monoisotopic (exact) mass is 354 g/mol. The second kappa shape index (κ2) is 9.04. The summed E-state index contributed by atoms with van der Waals surface area (Å²) in [6.07, 6.45) is 0.281. The summed E-state index contributed by atoms with van der Waals surface area (Å²) in [5, 5.41) is 5.70. The molecule has 138 valence electrons. The summed E-state index contributed by atoms with van der Waals surface area (Å²) in [5.74, 6) is 0.606. The zero-order valence-electron chi connectivity index (χ0n) is 15.8. The number of hydrogen-bond acceptors (Lipinski definition) is 3. The molecule has 2 N–H and O–H groups in total. The first-order valence-corrected chi connectivity index (χ1v) is 8.72. The Morgan fingerprint density at radius 3 is 2.58 bits per heavy atom. The number of ether oxygens (including phenoxy) is 1. The molecule has 0 fully saturated rings. The number of hydrogen-bond donors (Lipinski definition) is 2. The van der Waals surface area contributed by atoms with Crippen LogP contribution in [0.4, 0.5) is 5.69 Å². The van der Waals surface area contributed by atoms with Gasteiger partial charge in [-0.25, -0.2) is 0 Å². The van der Waals surface area contributed by atoms with Crippen LogP contribution in [-0.2, 0) is 9.59 Å². The van der Waals surface area contributed by atoms with Crippen LogP contribution in [0.3, 0.4) is 0 Å². The minimum absolute atomic E-state index is 0.0767.